The van der Waals surface area contributed by atoms with Gasteiger partial charge in [0.15, 0.2) is 0 Å². The third-order valence-corrected chi connectivity index (χ3v) is 10.5. The monoisotopic (exact) mass is 430 g/mol. The molecule has 0 aromatic carbocycles. The average molecular weight is 431 g/mol. The molecular weight excluding hydrogens is 389 g/mol. The highest BCUT2D eigenvalue weighted by Gasteiger charge is 2.48. The minimum Gasteiger partial charge on any atom is -0.247 e. The van der Waals surface area contributed by atoms with Crippen LogP contribution in [0.3, 0.4) is 0 Å². The standard InChI is InChI=1S/C25H41F3S/c1-29-19-10-7-17(8-11-19)21-13-14-22(25(28)24(21)27)18-9-12-20(23(26)15-18)16-5-3-2-4-6-16/h16-25H,2-15H2,1H3. The van der Waals surface area contributed by atoms with E-state index < -0.39 is 18.5 Å². The van der Waals surface area contributed by atoms with Gasteiger partial charge in [0.05, 0.1) is 0 Å². The van der Waals surface area contributed by atoms with Gasteiger partial charge in [-0.05, 0) is 99.6 Å². The van der Waals surface area contributed by atoms with E-state index in [2.05, 4.69) is 6.26 Å². The van der Waals surface area contributed by atoms with Crippen molar-refractivity contribution in [2.45, 2.75) is 114 Å². The Hall–Kier alpha value is 0.140. The second kappa shape index (κ2) is 10.2. The summed E-state index contributed by atoms with van der Waals surface area (Å²) in [5.74, 6) is 0.823. The predicted molar refractivity (Wildman–Crippen MR) is 118 cm³/mol. The van der Waals surface area contributed by atoms with Crippen molar-refractivity contribution in [3.63, 3.8) is 0 Å². The lowest BCUT2D eigenvalue weighted by Gasteiger charge is -2.46. The van der Waals surface area contributed by atoms with Gasteiger partial charge in [0.25, 0.3) is 0 Å². The molecule has 4 saturated carbocycles. The van der Waals surface area contributed by atoms with Crippen LogP contribution in [-0.4, -0.2) is 30.0 Å². The fraction of sp³-hybridized carbons (Fsp3) is 1.00. The quantitative estimate of drug-likeness (QED) is 0.436. The van der Waals surface area contributed by atoms with E-state index in [0.29, 0.717) is 23.5 Å². The van der Waals surface area contributed by atoms with Crippen LogP contribution in [0, 0.1) is 35.5 Å². The van der Waals surface area contributed by atoms with Crippen LogP contribution in [0.1, 0.15) is 89.9 Å². The van der Waals surface area contributed by atoms with Gasteiger partial charge in [-0.25, -0.2) is 13.2 Å². The second-order valence-corrected chi connectivity index (χ2v) is 11.9. The Morgan fingerprint density at radius 2 is 1.07 bits per heavy atom. The number of hydrogen-bond donors (Lipinski definition) is 0. The summed E-state index contributed by atoms with van der Waals surface area (Å²) in [4.78, 5) is 0. The minimum atomic E-state index is -1.37. The Kier molecular flexibility index (Phi) is 7.84. The van der Waals surface area contributed by atoms with E-state index in [4.69, 9.17) is 0 Å². The Balaban J connectivity index is 1.30. The first kappa shape index (κ1) is 22.3. The lowest BCUT2D eigenvalue weighted by Crippen LogP contribution is -2.46. The van der Waals surface area contributed by atoms with Crippen LogP contribution in [0.15, 0.2) is 0 Å². The van der Waals surface area contributed by atoms with Gasteiger partial charge < -0.3 is 0 Å². The Morgan fingerprint density at radius 3 is 1.66 bits per heavy atom. The van der Waals surface area contributed by atoms with Gasteiger partial charge in [0, 0.05) is 5.25 Å². The molecule has 0 radical (unpaired) electrons. The van der Waals surface area contributed by atoms with Crippen molar-refractivity contribution >= 4 is 11.8 Å². The topological polar surface area (TPSA) is 0 Å². The van der Waals surface area contributed by atoms with E-state index in [-0.39, 0.29) is 23.7 Å². The molecule has 0 aromatic rings. The van der Waals surface area contributed by atoms with Gasteiger partial charge in [-0.3, -0.25) is 0 Å². The zero-order valence-electron chi connectivity index (χ0n) is 18.2. The van der Waals surface area contributed by atoms with E-state index in [1.54, 1.807) is 0 Å². The van der Waals surface area contributed by atoms with Gasteiger partial charge >= 0.3 is 0 Å². The van der Waals surface area contributed by atoms with Crippen molar-refractivity contribution in [3.8, 4) is 0 Å². The average Bonchev–Trinajstić information content (AvgIpc) is 2.76. The van der Waals surface area contributed by atoms with Crippen molar-refractivity contribution in [2.24, 2.45) is 35.5 Å². The highest BCUT2D eigenvalue weighted by atomic mass is 32.2. The molecule has 0 saturated heterocycles. The number of hydrogen-bond acceptors (Lipinski definition) is 1. The molecule has 0 heterocycles. The largest absolute Gasteiger partial charge is 0.247 e. The third kappa shape index (κ3) is 4.98. The normalized spacial score (nSPS) is 47.8. The summed E-state index contributed by atoms with van der Waals surface area (Å²) in [7, 11) is 0. The summed E-state index contributed by atoms with van der Waals surface area (Å²) in [6, 6.07) is 0. The van der Waals surface area contributed by atoms with E-state index in [1.165, 1.54) is 32.1 Å². The van der Waals surface area contributed by atoms with Gasteiger partial charge in [-0.1, -0.05) is 32.1 Å². The Labute approximate surface area is 180 Å². The maximum atomic E-state index is 15.3. The fourth-order valence-electron chi connectivity index (χ4n) is 7.57. The summed E-state index contributed by atoms with van der Waals surface area (Å²) >= 11 is 1.92. The summed E-state index contributed by atoms with van der Waals surface area (Å²) in [6.45, 7) is 0. The van der Waals surface area contributed by atoms with Crippen molar-refractivity contribution in [1.82, 2.24) is 0 Å². The van der Waals surface area contributed by atoms with Crippen molar-refractivity contribution in [1.29, 1.82) is 0 Å². The van der Waals surface area contributed by atoms with Crippen LogP contribution in [0.25, 0.3) is 0 Å². The van der Waals surface area contributed by atoms with E-state index >= 15 is 13.2 Å². The highest BCUT2D eigenvalue weighted by Crippen LogP contribution is 2.50. The fourth-order valence-corrected chi connectivity index (χ4v) is 8.31. The maximum Gasteiger partial charge on any atom is 0.134 e. The van der Waals surface area contributed by atoms with Crippen molar-refractivity contribution in [2.75, 3.05) is 6.26 Å². The molecular formula is C25H41F3S. The molecule has 4 rings (SSSR count). The third-order valence-electron chi connectivity index (χ3n) is 9.34. The first-order valence-corrected chi connectivity index (χ1v) is 13.8. The zero-order chi connectivity index (χ0) is 20.4. The molecule has 4 heteroatoms. The summed E-state index contributed by atoms with van der Waals surface area (Å²) in [5, 5.41) is 0.711. The maximum absolute atomic E-state index is 15.3. The molecule has 0 nitrogen and oxygen atoms in total. The molecule has 168 valence electrons. The van der Waals surface area contributed by atoms with E-state index in [1.807, 2.05) is 11.8 Å². The zero-order valence-corrected chi connectivity index (χ0v) is 19.0. The Bertz CT molecular complexity index is 500. The van der Waals surface area contributed by atoms with Gasteiger partial charge in [-0.2, -0.15) is 11.8 Å². The van der Waals surface area contributed by atoms with Crippen LogP contribution >= 0.6 is 11.8 Å². The van der Waals surface area contributed by atoms with Gasteiger partial charge in [0.2, 0.25) is 0 Å². The van der Waals surface area contributed by atoms with Crippen LogP contribution in [0.2, 0.25) is 0 Å². The number of halogens is 3. The molecule has 29 heavy (non-hydrogen) atoms. The molecule has 4 fully saturated rings. The molecule has 4 aliphatic rings. The number of rotatable bonds is 4. The smallest absolute Gasteiger partial charge is 0.134 e. The predicted octanol–water partition coefficient (Wildman–Crippen LogP) is 7.95. The second-order valence-electron chi connectivity index (χ2n) is 10.7. The molecule has 0 aromatic heterocycles. The molecule has 0 bridgehead atoms. The number of alkyl halides is 3. The summed E-state index contributed by atoms with van der Waals surface area (Å²) in [6.07, 6.45) is 13.2. The molecule has 7 atom stereocenters. The molecule has 4 aliphatic carbocycles. The molecule has 0 N–H and O–H groups in total. The van der Waals surface area contributed by atoms with Crippen molar-refractivity contribution in [3.05, 3.63) is 0 Å². The SMILES string of the molecule is CSC1CCC(C2CCC(C3CCC(C4CCCCC4)C(F)C3)C(F)C2F)CC1. The molecule has 0 aliphatic heterocycles. The van der Waals surface area contributed by atoms with Crippen LogP contribution in [0.5, 0.6) is 0 Å². The van der Waals surface area contributed by atoms with Crippen LogP contribution < -0.4 is 0 Å². The van der Waals surface area contributed by atoms with Gasteiger partial charge in [-0.15, -0.1) is 0 Å². The summed E-state index contributed by atoms with van der Waals surface area (Å²) < 4.78 is 45.5. The molecule has 0 spiro atoms. The first-order valence-electron chi connectivity index (χ1n) is 12.5. The minimum absolute atomic E-state index is 0.0614. The Morgan fingerprint density at radius 1 is 0.552 bits per heavy atom. The number of thioether (sulfide) groups is 1. The first-order chi connectivity index (χ1) is 14.1. The molecule has 0 amide bonds. The van der Waals surface area contributed by atoms with E-state index in [9.17, 15) is 0 Å². The highest BCUT2D eigenvalue weighted by molar-refractivity contribution is 7.99. The summed E-state index contributed by atoms with van der Waals surface area (Å²) in [5.41, 5.74) is 0. The van der Waals surface area contributed by atoms with Crippen molar-refractivity contribution < 1.29 is 13.2 Å². The lowest BCUT2D eigenvalue weighted by atomic mass is 9.62. The lowest BCUT2D eigenvalue weighted by molar-refractivity contribution is -0.0472. The van der Waals surface area contributed by atoms with Crippen LogP contribution in [0.4, 0.5) is 13.2 Å². The van der Waals surface area contributed by atoms with E-state index in [0.717, 1.165) is 51.4 Å². The van der Waals surface area contributed by atoms with Crippen LogP contribution in [-0.2, 0) is 0 Å². The molecule has 7 unspecified atom stereocenters. The van der Waals surface area contributed by atoms with Gasteiger partial charge in [0.1, 0.15) is 18.5 Å².